The lowest BCUT2D eigenvalue weighted by atomic mass is 9.90. The van der Waals surface area contributed by atoms with Gasteiger partial charge in [0, 0.05) is 24.0 Å². The van der Waals surface area contributed by atoms with E-state index in [0.717, 1.165) is 31.4 Å². The van der Waals surface area contributed by atoms with E-state index in [1.807, 2.05) is 6.07 Å². The average Bonchev–Trinajstić information content (AvgIpc) is 3.20. The maximum atomic E-state index is 11.8. The van der Waals surface area contributed by atoms with Gasteiger partial charge in [-0.3, -0.25) is 9.88 Å². The summed E-state index contributed by atoms with van der Waals surface area (Å²) in [7, 11) is 0. The predicted octanol–water partition coefficient (Wildman–Crippen LogP) is 2.26. The normalized spacial score (nSPS) is 18.6. The first kappa shape index (κ1) is 13.0. The summed E-state index contributed by atoms with van der Waals surface area (Å²) >= 11 is 0. The van der Waals surface area contributed by atoms with Crippen LogP contribution in [0.2, 0.25) is 0 Å². The number of carbonyl (C=O) groups is 1. The quantitative estimate of drug-likeness (QED) is 0.839. The van der Waals surface area contributed by atoms with Gasteiger partial charge in [-0.1, -0.05) is 13.0 Å². The number of rotatable bonds is 6. The number of carboxylic acids is 1. The second-order valence-electron chi connectivity index (χ2n) is 5.04. The number of nitrogens with zero attached hydrogens (tertiary/aromatic N) is 2. The average molecular weight is 248 g/mol. The van der Waals surface area contributed by atoms with E-state index in [-0.39, 0.29) is 0 Å². The summed E-state index contributed by atoms with van der Waals surface area (Å²) in [5.41, 5.74) is -0.205. The zero-order chi connectivity index (χ0) is 13.2. The van der Waals surface area contributed by atoms with E-state index < -0.39 is 11.5 Å². The second kappa shape index (κ2) is 5.06. The van der Waals surface area contributed by atoms with E-state index in [9.17, 15) is 9.90 Å². The minimum absolute atomic E-state index is 0.409. The van der Waals surface area contributed by atoms with Crippen LogP contribution in [0, 0.1) is 0 Å². The lowest BCUT2D eigenvalue weighted by Gasteiger charge is -2.38. The molecule has 0 saturated heterocycles. The Morgan fingerprint density at radius 2 is 2.33 bits per heavy atom. The molecule has 0 aliphatic heterocycles. The van der Waals surface area contributed by atoms with Gasteiger partial charge in [0.05, 0.1) is 0 Å². The fraction of sp³-hybridized carbons (Fsp3) is 0.571. The molecular formula is C14H20N2O2. The Hall–Kier alpha value is -1.42. The highest BCUT2D eigenvalue weighted by atomic mass is 16.4. The molecule has 1 heterocycles. The zero-order valence-electron chi connectivity index (χ0n) is 11.0. The van der Waals surface area contributed by atoms with Crippen molar-refractivity contribution in [3.05, 3.63) is 30.1 Å². The van der Waals surface area contributed by atoms with E-state index in [0.29, 0.717) is 6.04 Å². The molecule has 18 heavy (non-hydrogen) atoms. The van der Waals surface area contributed by atoms with Crippen molar-refractivity contribution in [3.63, 3.8) is 0 Å². The third kappa shape index (κ3) is 2.25. The van der Waals surface area contributed by atoms with Crippen molar-refractivity contribution in [2.24, 2.45) is 0 Å². The molecule has 2 rings (SSSR count). The first-order valence-electron chi connectivity index (χ1n) is 6.51. The van der Waals surface area contributed by atoms with E-state index in [2.05, 4.69) is 16.8 Å². The van der Waals surface area contributed by atoms with Crippen LogP contribution in [0.4, 0.5) is 0 Å². The largest absolute Gasteiger partial charge is 0.480 e. The fourth-order valence-corrected chi connectivity index (χ4v) is 2.46. The first-order chi connectivity index (χ1) is 8.60. The highest BCUT2D eigenvalue weighted by Gasteiger charge is 2.47. The van der Waals surface area contributed by atoms with E-state index in [1.165, 1.54) is 0 Å². The Kier molecular flexibility index (Phi) is 3.66. The summed E-state index contributed by atoms with van der Waals surface area (Å²) in [6.07, 6.45) is 6.50. The molecule has 1 aromatic rings. The van der Waals surface area contributed by atoms with Crippen molar-refractivity contribution in [2.75, 3.05) is 6.54 Å². The van der Waals surface area contributed by atoms with Gasteiger partial charge in [-0.15, -0.1) is 0 Å². The molecule has 1 aliphatic carbocycles. The van der Waals surface area contributed by atoms with Crippen molar-refractivity contribution in [1.29, 1.82) is 0 Å². The molecule has 1 fully saturated rings. The summed E-state index contributed by atoms with van der Waals surface area (Å²) in [5.74, 6) is -0.796. The van der Waals surface area contributed by atoms with Crippen LogP contribution in [0.1, 0.15) is 38.7 Å². The lowest BCUT2D eigenvalue weighted by molar-refractivity contribution is -0.152. The van der Waals surface area contributed by atoms with Gasteiger partial charge in [-0.2, -0.15) is 0 Å². The second-order valence-corrected chi connectivity index (χ2v) is 5.04. The van der Waals surface area contributed by atoms with Crippen LogP contribution in [-0.2, 0) is 10.3 Å². The summed E-state index contributed by atoms with van der Waals surface area (Å²) < 4.78 is 0. The van der Waals surface area contributed by atoms with Gasteiger partial charge in [0.15, 0.2) is 0 Å². The van der Waals surface area contributed by atoms with E-state index in [4.69, 9.17) is 0 Å². The van der Waals surface area contributed by atoms with Crippen molar-refractivity contribution < 1.29 is 9.90 Å². The molecule has 0 bridgehead atoms. The standard InChI is InChI=1S/C14H20N2O2/c1-3-9-16(12-6-7-12)14(2,13(17)18)11-5-4-8-15-10-11/h4-5,8,10,12H,3,6-7,9H2,1-2H3,(H,17,18). The molecule has 1 aromatic heterocycles. The summed E-state index contributed by atoms with van der Waals surface area (Å²) in [4.78, 5) is 18.0. The monoisotopic (exact) mass is 248 g/mol. The third-order valence-electron chi connectivity index (χ3n) is 3.67. The van der Waals surface area contributed by atoms with Gasteiger partial charge in [0.2, 0.25) is 0 Å². The molecule has 1 saturated carbocycles. The Morgan fingerprint density at radius 3 is 2.78 bits per heavy atom. The molecule has 98 valence electrons. The van der Waals surface area contributed by atoms with Crippen molar-refractivity contribution >= 4 is 5.97 Å². The number of hydrogen-bond donors (Lipinski definition) is 1. The van der Waals surface area contributed by atoms with Gasteiger partial charge < -0.3 is 5.11 Å². The van der Waals surface area contributed by atoms with Crippen LogP contribution in [0.3, 0.4) is 0 Å². The maximum Gasteiger partial charge on any atom is 0.328 e. The Morgan fingerprint density at radius 1 is 1.61 bits per heavy atom. The van der Waals surface area contributed by atoms with E-state index >= 15 is 0 Å². The molecule has 0 spiro atoms. The lowest BCUT2D eigenvalue weighted by Crippen LogP contribution is -2.51. The van der Waals surface area contributed by atoms with Crippen LogP contribution in [0.15, 0.2) is 24.5 Å². The highest BCUT2D eigenvalue weighted by molar-refractivity contribution is 5.80. The number of aliphatic carboxylic acids is 1. The van der Waals surface area contributed by atoms with Crippen molar-refractivity contribution in [2.45, 2.75) is 44.7 Å². The van der Waals surface area contributed by atoms with E-state index in [1.54, 1.807) is 25.4 Å². The van der Waals surface area contributed by atoms with Crippen LogP contribution in [0.5, 0.6) is 0 Å². The zero-order valence-corrected chi connectivity index (χ0v) is 11.0. The molecule has 0 amide bonds. The highest BCUT2D eigenvalue weighted by Crippen LogP contribution is 2.38. The van der Waals surface area contributed by atoms with Crippen LogP contribution in [0.25, 0.3) is 0 Å². The SMILES string of the molecule is CCCN(C1CC1)C(C)(C(=O)O)c1cccnc1. The minimum atomic E-state index is -0.967. The third-order valence-corrected chi connectivity index (χ3v) is 3.67. The molecule has 0 radical (unpaired) electrons. The van der Waals surface area contributed by atoms with Crippen LogP contribution in [-0.4, -0.2) is 33.5 Å². The van der Waals surface area contributed by atoms with Crippen molar-refractivity contribution in [3.8, 4) is 0 Å². The van der Waals surface area contributed by atoms with Gasteiger partial charge in [0.25, 0.3) is 0 Å². The molecule has 1 atom stereocenters. The molecule has 1 unspecified atom stereocenters. The topological polar surface area (TPSA) is 53.4 Å². The van der Waals surface area contributed by atoms with Crippen LogP contribution < -0.4 is 0 Å². The Labute approximate surface area is 108 Å². The van der Waals surface area contributed by atoms with Gasteiger partial charge in [-0.25, -0.2) is 4.79 Å². The molecule has 1 N–H and O–H groups in total. The minimum Gasteiger partial charge on any atom is -0.480 e. The first-order valence-corrected chi connectivity index (χ1v) is 6.51. The van der Waals surface area contributed by atoms with Crippen molar-refractivity contribution in [1.82, 2.24) is 9.88 Å². The number of aromatic nitrogens is 1. The van der Waals surface area contributed by atoms with Crippen LogP contribution >= 0.6 is 0 Å². The number of carboxylic acid groups (broad SMARTS) is 1. The Bertz CT molecular complexity index is 417. The van der Waals surface area contributed by atoms with Gasteiger partial charge in [0.1, 0.15) is 5.54 Å². The van der Waals surface area contributed by atoms with Gasteiger partial charge >= 0.3 is 5.97 Å². The molecule has 1 aliphatic rings. The summed E-state index contributed by atoms with van der Waals surface area (Å²) in [6, 6.07) is 4.06. The summed E-state index contributed by atoms with van der Waals surface area (Å²) in [6.45, 7) is 4.68. The summed E-state index contributed by atoms with van der Waals surface area (Å²) in [5, 5.41) is 9.69. The number of hydrogen-bond acceptors (Lipinski definition) is 3. The Balaban J connectivity index is 2.39. The molecule has 4 heteroatoms. The maximum absolute atomic E-state index is 11.8. The molecule has 0 aromatic carbocycles. The predicted molar refractivity (Wildman–Crippen MR) is 69.2 cm³/mol. The number of pyridine rings is 1. The molecule has 4 nitrogen and oxygen atoms in total. The smallest absolute Gasteiger partial charge is 0.328 e. The fourth-order valence-electron chi connectivity index (χ4n) is 2.46. The van der Waals surface area contributed by atoms with Gasteiger partial charge in [-0.05, 0) is 38.8 Å². The molecular weight excluding hydrogens is 228 g/mol.